The van der Waals surface area contributed by atoms with E-state index in [1.54, 1.807) is 10.9 Å². The SMILES string of the molecule is CN(C)S(=O)(=O)c1ccc(Cl)c(C(=O)NCCc2cnn(-c3ccccc3)c2)c1. The minimum Gasteiger partial charge on any atom is -0.352 e. The van der Waals surface area contributed by atoms with E-state index in [0.717, 1.165) is 15.6 Å². The highest BCUT2D eigenvalue weighted by molar-refractivity contribution is 7.89. The van der Waals surface area contributed by atoms with Gasteiger partial charge in [-0.1, -0.05) is 29.8 Å². The van der Waals surface area contributed by atoms with Crippen molar-refractivity contribution >= 4 is 27.5 Å². The number of halogens is 1. The number of nitrogens with one attached hydrogen (secondary N) is 1. The van der Waals surface area contributed by atoms with Crippen LogP contribution in [0.2, 0.25) is 5.02 Å². The Bertz CT molecular complexity index is 1110. The van der Waals surface area contributed by atoms with Crippen LogP contribution in [-0.4, -0.2) is 49.1 Å². The number of benzene rings is 2. The van der Waals surface area contributed by atoms with Crippen molar-refractivity contribution in [1.82, 2.24) is 19.4 Å². The summed E-state index contributed by atoms with van der Waals surface area (Å²) in [6.07, 6.45) is 4.22. The van der Waals surface area contributed by atoms with Gasteiger partial charge in [-0.05, 0) is 42.3 Å². The molecule has 3 rings (SSSR count). The normalized spacial score (nSPS) is 11.6. The van der Waals surface area contributed by atoms with E-state index in [1.165, 1.54) is 32.3 Å². The van der Waals surface area contributed by atoms with Crippen LogP contribution >= 0.6 is 11.6 Å². The van der Waals surface area contributed by atoms with Crippen molar-refractivity contribution in [2.45, 2.75) is 11.3 Å². The predicted octanol–water partition coefficient (Wildman–Crippen LogP) is 2.75. The maximum Gasteiger partial charge on any atom is 0.252 e. The maximum absolute atomic E-state index is 12.5. The highest BCUT2D eigenvalue weighted by Gasteiger charge is 2.20. The zero-order valence-electron chi connectivity index (χ0n) is 16.0. The van der Waals surface area contributed by atoms with Crippen LogP contribution in [0.25, 0.3) is 5.69 Å². The molecule has 3 aromatic rings. The summed E-state index contributed by atoms with van der Waals surface area (Å²) in [4.78, 5) is 12.5. The second kappa shape index (κ2) is 8.77. The molecule has 1 N–H and O–H groups in total. The Morgan fingerprint density at radius 1 is 1.17 bits per heavy atom. The predicted molar refractivity (Wildman–Crippen MR) is 112 cm³/mol. The van der Waals surface area contributed by atoms with Crippen LogP contribution in [0.4, 0.5) is 0 Å². The first kappa shape index (κ1) is 21.0. The van der Waals surface area contributed by atoms with Gasteiger partial charge < -0.3 is 5.32 Å². The molecule has 0 unspecified atom stereocenters. The van der Waals surface area contributed by atoms with Gasteiger partial charge in [0, 0.05) is 26.8 Å². The summed E-state index contributed by atoms with van der Waals surface area (Å²) in [5, 5.41) is 7.29. The summed E-state index contributed by atoms with van der Waals surface area (Å²) in [6.45, 7) is 0.361. The number of amides is 1. The Balaban J connectivity index is 1.65. The third kappa shape index (κ3) is 4.84. The molecule has 0 fully saturated rings. The lowest BCUT2D eigenvalue weighted by atomic mass is 10.2. The van der Waals surface area contributed by atoms with E-state index >= 15 is 0 Å². The second-order valence-electron chi connectivity index (χ2n) is 6.56. The quantitative estimate of drug-likeness (QED) is 0.622. The van der Waals surface area contributed by atoms with E-state index in [9.17, 15) is 13.2 Å². The van der Waals surface area contributed by atoms with E-state index < -0.39 is 15.9 Å². The number of hydrogen-bond acceptors (Lipinski definition) is 4. The highest BCUT2D eigenvalue weighted by atomic mass is 35.5. The number of carbonyl (C=O) groups is 1. The molecule has 0 bridgehead atoms. The Morgan fingerprint density at radius 2 is 1.90 bits per heavy atom. The van der Waals surface area contributed by atoms with Crippen molar-refractivity contribution in [2.24, 2.45) is 0 Å². The molecular weight excluding hydrogens is 412 g/mol. The first-order valence-corrected chi connectivity index (χ1v) is 10.7. The molecule has 29 heavy (non-hydrogen) atoms. The number of carbonyl (C=O) groups excluding carboxylic acids is 1. The van der Waals surface area contributed by atoms with Crippen LogP contribution in [-0.2, 0) is 16.4 Å². The summed E-state index contributed by atoms with van der Waals surface area (Å²) in [7, 11) is -0.793. The zero-order chi connectivity index (χ0) is 21.0. The van der Waals surface area contributed by atoms with Gasteiger partial charge >= 0.3 is 0 Å². The van der Waals surface area contributed by atoms with Gasteiger partial charge in [-0.15, -0.1) is 0 Å². The van der Waals surface area contributed by atoms with Crippen LogP contribution in [0.5, 0.6) is 0 Å². The maximum atomic E-state index is 12.5. The van der Waals surface area contributed by atoms with Gasteiger partial charge in [-0.25, -0.2) is 17.4 Å². The van der Waals surface area contributed by atoms with Crippen LogP contribution in [0, 0.1) is 0 Å². The van der Waals surface area contributed by atoms with E-state index in [-0.39, 0.29) is 15.5 Å². The Hall–Kier alpha value is -2.68. The lowest BCUT2D eigenvalue weighted by molar-refractivity contribution is 0.0954. The molecule has 1 aromatic heterocycles. The molecule has 7 nitrogen and oxygen atoms in total. The summed E-state index contributed by atoms with van der Waals surface area (Å²) in [6, 6.07) is 13.8. The Morgan fingerprint density at radius 3 is 2.59 bits per heavy atom. The molecule has 0 spiro atoms. The van der Waals surface area contributed by atoms with Crippen molar-refractivity contribution in [2.75, 3.05) is 20.6 Å². The lowest BCUT2D eigenvalue weighted by Gasteiger charge is -2.13. The van der Waals surface area contributed by atoms with Crippen LogP contribution < -0.4 is 5.32 Å². The zero-order valence-corrected chi connectivity index (χ0v) is 17.6. The molecule has 1 amide bonds. The summed E-state index contributed by atoms with van der Waals surface area (Å²) >= 11 is 6.11. The molecule has 9 heteroatoms. The lowest BCUT2D eigenvalue weighted by Crippen LogP contribution is -2.27. The molecule has 0 aliphatic heterocycles. The Labute approximate surface area is 175 Å². The van der Waals surface area contributed by atoms with Crippen molar-refractivity contribution in [3.8, 4) is 5.69 Å². The molecule has 0 aliphatic carbocycles. The fourth-order valence-corrected chi connectivity index (χ4v) is 3.81. The van der Waals surface area contributed by atoms with Crippen LogP contribution in [0.1, 0.15) is 15.9 Å². The van der Waals surface area contributed by atoms with Gasteiger partial charge in [0.25, 0.3) is 5.91 Å². The molecule has 0 radical (unpaired) electrons. The minimum atomic E-state index is -3.65. The van der Waals surface area contributed by atoms with Gasteiger partial charge in [-0.3, -0.25) is 4.79 Å². The molecule has 0 saturated heterocycles. The van der Waals surface area contributed by atoms with E-state index in [2.05, 4.69) is 10.4 Å². The van der Waals surface area contributed by atoms with Gasteiger partial charge in [-0.2, -0.15) is 5.10 Å². The van der Waals surface area contributed by atoms with Crippen molar-refractivity contribution < 1.29 is 13.2 Å². The number of nitrogens with zero attached hydrogens (tertiary/aromatic N) is 3. The van der Waals surface area contributed by atoms with E-state index in [4.69, 9.17) is 11.6 Å². The van der Waals surface area contributed by atoms with Crippen molar-refractivity contribution in [3.63, 3.8) is 0 Å². The molecule has 2 aromatic carbocycles. The molecule has 0 aliphatic rings. The third-order valence-corrected chi connectivity index (χ3v) is 6.46. The van der Waals surface area contributed by atoms with Crippen molar-refractivity contribution in [3.05, 3.63) is 77.1 Å². The number of para-hydroxylation sites is 1. The number of hydrogen-bond donors (Lipinski definition) is 1. The van der Waals surface area contributed by atoms with E-state index in [1.807, 2.05) is 36.5 Å². The number of aromatic nitrogens is 2. The summed E-state index contributed by atoms with van der Waals surface area (Å²) < 4.78 is 27.4. The number of sulfonamides is 1. The van der Waals surface area contributed by atoms with Crippen LogP contribution in [0.15, 0.2) is 65.8 Å². The summed E-state index contributed by atoms with van der Waals surface area (Å²) in [5.41, 5.74) is 2.03. The van der Waals surface area contributed by atoms with Gasteiger partial charge in [0.1, 0.15) is 0 Å². The average molecular weight is 433 g/mol. The molecule has 0 atom stereocenters. The van der Waals surface area contributed by atoms with Gasteiger partial charge in [0.15, 0.2) is 0 Å². The fraction of sp³-hybridized carbons (Fsp3) is 0.200. The second-order valence-corrected chi connectivity index (χ2v) is 9.12. The molecule has 152 valence electrons. The third-order valence-electron chi connectivity index (χ3n) is 4.32. The topological polar surface area (TPSA) is 84.3 Å². The Kier molecular flexibility index (Phi) is 6.36. The average Bonchev–Trinajstić information content (AvgIpc) is 3.17. The standard InChI is InChI=1S/C20H21ClN4O3S/c1-24(2)29(27,28)17-8-9-19(21)18(12-17)20(26)22-11-10-15-13-23-25(14-15)16-6-4-3-5-7-16/h3-9,12-14H,10-11H2,1-2H3,(H,22,26). The molecular formula is C20H21ClN4O3S. The summed E-state index contributed by atoms with van der Waals surface area (Å²) in [5.74, 6) is -0.429. The monoisotopic (exact) mass is 432 g/mol. The fourth-order valence-electron chi connectivity index (χ4n) is 2.68. The number of rotatable bonds is 7. The first-order chi connectivity index (χ1) is 13.8. The van der Waals surface area contributed by atoms with Crippen LogP contribution in [0.3, 0.4) is 0 Å². The van der Waals surface area contributed by atoms with Gasteiger partial charge in [0.05, 0.1) is 27.4 Å². The molecule has 0 saturated carbocycles. The smallest absolute Gasteiger partial charge is 0.252 e. The van der Waals surface area contributed by atoms with Gasteiger partial charge in [0.2, 0.25) is 10.0 Å². The largest absolute Gasteiger partial charge is 0.352 e. The first-order valence-electron chi connectivity index (χ1n) is 8.88. The van der Waals surface area contributed by atoms with Crippen molar-refractivity contribution in [1.29, 1.82) is 0 Å². The molecule has 1 heterocycles. The van der Waals surface area contributed by atoms with E-state index in [0.29, 0.717) is 13.0 Å². The minimum absolute atomic E-state index is 0.0150. The highest BCUT2D eigenvalue weighted by Crippen LogP contribution is 2.22.